The number of allylic oxidation sites excluding steroid dienone is 1. The largest absolute Gasteiger partial charge is 0.362 e. The van der Waals surface area contributed by atoms with Crippen LogP contribution in [0, 0.1) is 0 Å². The molecule has 2 aliphatic heterocycles. The molecule has 1 amide bonds. The maximum Gasteiger partial charge on any atom is 0.278 e. The fraction of sp³-hybridized carbons (Fsp3) is 0.733. The molecule has 2 aliphatic rings. The quantitative estimate of drug-likeness (QED) is 0.574. The molecule has 1 unspecified atom stereocenters. The Hall–Kier alpha value is -1.14. The molecule has 5 nitrogen and oxygen atoms in total. The smallest absolute Gasteiger partial charge is 0.278 e. The predicted molar refractivity (Wildman–Crippen MR) is 86.4 cm³/mol. The summed E-state index contributed by atoms with van der Waals surface area (Å²) in [6.45, 7) is 8.38. The van der Waals surface area contributed by atoms with Crippen LogP contribution in [0.2, 0.25) is 0 Å². The number of amides is 1. The monoisotopic (exact) mass is 311 g/mol. The topological polar surface area (TPSA) is 36.0 Å². The van der Waals surface area contributed by atoms with Crippen LogP contribution >= 0.6 is 12.2 Å². The molecule has 0 N–H and O–H groups in total. The summed E-state index contributed by atoms with van der Waals surface area (Å²) in [5, 5.41) is 0.629. The van der Waals surface area contributed by atoms with Gasteiger partial charge in [-0.05, 0) is 45.3 Å². The molecule has 0 aromatic heterocycles. The van der Waals surface area contributed by atoms with Gasteiger partial charge in [-0.2, -0.15) is 0 Å². The fourth-order valence-electron chi connectivity index (χ4n) is 3.18. The lowest BCUT2D eigenvalue weighted by Gasteiger charge is -2.28. The van der Waals surface area contributed by atoms with Crippen molar-refractivity contribution in [1.29, 1.82) is 0 Å². The molecule has 0 aliphatic carbocycles. The standard InChI is InChI=1S/C15H25N3O2S/c1-5-10-18-11(8-9-12(18)20-4)13-14(19)17(7-3)15(21)16(13)6-2/h12H,5-10H2,1-4H3/b13-11+. The Morgan fingerprint density at radius 2 is 1.90 bits per heavy atom. The molecular weight excluding hydrogens is 286 g/mol. The van der Waals surface area contributed by atoms with E-state index in [0.717, 1.165) is 43.7 Å². The first kappa shape index (κ1) is 16.2. The summed E-state index contributed by atoms with van der Waals surface area (Å²) >= 11 is 5.46. The fourth-order valence-corrected chi connectivity index (χ4v) is 3.61. The number of methoxy groups -OCH3 is 1. The van der Waals surface area contributed by atoms with Crippen LogP contribution < -0.4 is 0 Å². The predicted octanol–water partition coefficient (Wildman–Crippen LogP) is 2.15. The van der Waals surface area contributed by atoms with Crippen molar-refractivity contribution in [2.45, 2.75) is 46.3 Å². The minimum atomic E-state index is 0.0391. The van der Waals surface area contributed by atoms with Crippen molar-refractivity contribution in [3.63, 3.8) is 0 Å². The van der Waals surface area contributed by atoms with E-state index in [1.807, 2.05) is 18.7 Å². The first-order valence-corrected chi connectivity index (χ1v) is 8.17. The number of rotatable bonds is 5. The second-order valence-electron chi connectivity index (χ2n) is 5.29. The lowest BCUT2D eigenvalue weighted by Crippen LogP contribution is -2.33. The van der Waals surface area contributed by atoms with Gasteiger partial charge in [0.25, 0.3) is 5.91 Å². The molecule has 2 heterocycles. The van der Waals surface area contributed by atoms with Gasteiger partial charge in [-0.25, -0.2) is 0 Å². The zero-order valence-electron chi connectivity index (χ0n) is 13.4. The molecule has 2 fully saturated rings. The molecule has 2 rings (SSSR count). The van der Waals surface area contributed by atoms with E-state index in [4.69, 9.17) is 17.0 Å². The van der Waals surface area contributed by atoms with Crippen molar-refractivity contribution in [2.24, 2.45) is 0 Å². The maximum atomic E-state index is 12.7. The molecule has 0 bridgehead atoms. The Morgan fingerprint density at radius 3 is 2.43 bits per heavy atom. The van der Waals surface area contributed by atoms with Crippen LogP contribution in [-0.2, 0) is 9.53 Å². The lowest BCUT2D eigenvalue weighted by atomic mass is 10.2. The van der Waals surface area contributed by atoms with E-state index >= 15 is 0 Å². The Morgan fingerprint density at radius 1 is 1.24 bits per heavy atom. The minimum absolute atomic E-state index is 0.0391. The Bertz CT molecular complexity index is 464. The number of carbonyl (C=O) groups excluding carboxylic acids is 1. The first-order chi connectivity index (χ1) is 10.1. The van der Waals surface area contributed by atoms with Crippen LogP contribution in [0.5, 0.6) is 0 Å². The maximum absolute atomic E-state index is 12.7. The summed E-state index contributed by atoms with van der Waals surface area (Å²) in [6.07, 6.45) is 2.90. The number of likely N-dealkylation sites (tertiary alicyclic amines) is 1. The molecular formula is C15H25N3O2S. The number of carbonyl (C=O) groups is 1. The number of likely N-dealkylation sites (N-methyl/N-ethyl adjacent to an activating group) is 2. The lowest BCUT2D eigenvalue weighted by molar-refractivity contribution is -0.122. The zero-order chi connectivity index (χ0) is 15.6. The third kappa shape index (κ3) is 2.66. The van der Waals surface area contributed by atoms with Gasteiger partial charge in [-0.15, -0.1) is 0 Å². The van der Waals surface area contributed by atoms with Gasteiger partial charge in [0.15, 0.2) is 5.11 Å². The summed E-state index contributed by atoms with van der Waals surface area (Å²) in [5.74, 6) is 0.0391. The van der Waals surface area contributed by atoms with E-state index in [9.17, 15) is 4.79 Å². The van der Waals surface area contributed by atoms with Crippen molar-refractivity contribution in [1.82, 2.24) is 14.7 Å². The van der Waals surface area contributed by atoms with Crippen molar-refractivity contribution in [2.75, 3.05) is 26.7 Å². The second kappa shape index (κ2) is 6.75. The summed E-state index contributed by atoms with van der Waals surface area (Å²) in [7, 11) is 1.73. The zero-order valence-corrected chi connectivity index (χ0v) is 14.2. The Kier molecular flexibility index (Phi) is 5.22. The molecule has 21 heavy (non-hydrogen) atoms. The van der Waals surface area contributed by atoms with Crippen molar-refractivity contribution >= 4 is 23.2 Å². The first-order valence-electron chi connectivity index (χ1n) is 7.76. The summed E-state index contributed by atoms with van der Waals surface area (Å²) in [6, 6.07) is 0. The molecule has 2 saturated heterocycles. The van der Waals surface area contributed by atoms with Gasteiger partial charge < -0.3 is 14.5 Å². The van der Waals surface area contributed by atoms with Crippen LogP contribution in [0.3, 0.4) is 0 Å². The number of hydrogen-bond donors (Lipinski definition) is 0. The van der Waals surface area contributed by atoms with Crippen LogP contribution in [0.15, 0.2) is 11.4 Å². The van der Waals surface area contributed by atoms with Crippen molar-refractivity contribution in [3.8, 4) is 0 Å². The van der Waals surface area contributed by atoms with Crippen LogP contribution in [0.4, 0.5) is 0 Å². The average Bonchev–Trinajstić information content (AvgIpc) is 2.97. The van der Waals surface area contributed by atoms with Crippen LogP contribution in [-0.4, -0.2) is 58.7 Å². The van der Waals surface area contributed by atoms with E-state index in [1.165, 1.54) is 0 Å². The normalized spacial score (nSPS) is 26.5. The molecule has 1 atom stereocenters. The summed E-state index contributed by atoms with van der Waals surface area (Å²) in [4.78, 5) is 18.6. The highest BCUT2D eigenvalue weighted by molar-refractivity contribution is 7.80. The Balaban J connectivity index is 2.44. The number of nitrogens with zero attached hydrogens (tertiary/aromatic N) is 3. The van der Waals surface area contributed by atoms with E-state index in [-0.39, 0.29) is 12.1 Å². The molecule has 6 heteroatoms. The van der Waals surface area contributed by atoms with E-state index < -0.39 is 0 Å². The van der Waals surface area contributed by atoms with Crippen molar-refractivity contribution in [3.05, 3.63) is 11.4 Å². The molecule has 0 spiro atoms. The van der Waals surface area contributed by atoms with Crippen molar-refractivity contribution < 1.29 is 9.53 Å². The number of hydrogen-bond acceptors (Lipinski definition) is 4. The van der Waals surface area contributed by atoms with Gasteiger partial charge in [-0.1, -0.05) is 6.92 Å². The van der Waals surface area contributed by atoms with Gasteiger partial charge in [0.1, 0.15) is 11.9 Å². The van der Waals surface area contributed by atoms with E-state index in [0.29, 0.717) is 11.7 Å². The van der Waals surface area contributed by atoms with Crippen LogP contribution in [0.25, 0.3) is 0 Å². The average molecular weight is 311 g/mol. The second-order valence-corrected chi connectivity index (χ2v) is 5.66. The molecule has 118 valence electrons. The molecule has 0 radical (unpaired) electrons. The van der Waals surface area contributed by atoms with Gasteiger partial charge in [0, 0.05) is 32.4 Å². The molecule has 0 aromatic carbocycles. The highest BCUT2D eigenvalue weighted by Crippen LogP contribution is 2.35. The summed E-state index contributed by atoms with van der Waals surface area (Å²) in [5.41, 5.74) is 1.85. The Labute approximate surface area is 132 Å². The van der Waals surface area contributed by atoms with Gasteiger partial charge >= 0.3 is 0 Å². The molecule has 0 saturated carbocycles. The van der Waals surface area contributed by atoms with Gasteiger partial charge in [-0.3, -0.25) is 9.69 Å². The third-order valence-electron chi connectivity index (χ3n) is 4.14. The number of ether oxygens (including phenoxy) is 1. The highest BCUT2D eigenvalue weighted by atomic mass is 32.1. The minimum Gasteiger partial charge on any atom is -0.362 e. The third-order valence-corrected chi connectivity index (χ3v) is 4.59. The summed E-state index contributed by atoms with van der Waals surface area (Å²) < 4.78 is 5.57. The SMILES string of the molecule is CCCN1/C(=C2\C(=O)N(CC)C(=S)N2CC)CCC1OC. The van der Waals surface area contributed by atoms with Crippen LogP contribution in [0.1, 0.15) is 40.0 Å². The highest BCUT2D eigenvalue weighted by Gasteiger charge is 2.42. The van der Waals surface area contributed by atoms with Gasteiger partial charge in [0.05, 0.1) is 0 Å². The number of thiocarbonyl (C=S) groups is 1. The van der Waals surface area contributed by atoms with Gasteiger partial charge in [0.2, 0.25) is 0 Å². The molecule has 0 aromatic rings. The van der Waals surface area contributed by atoms with E-state index in [2.05, 4.69) is 11.8 Å². The van der Waals surface area contributed by atoms with E-state index in [1.54, 1.807) is 12.0 Å².